The van der Waals surface area contributed by atoms with E-state index in [0.717, 1.165) is 45.4 Å². The second kappa shape index (κ2) is 19.4. The highest BCUT2D eigenvalue weighted by molar-refractivity contribution is 5.76. The van der Waals surface area contributed by atoms with Crippen molar-refractivity contribution in [1.29, 1.82) is 0 Å². The van der Waals surface area contributed by atoms with Crippen LogP contribution in [-0.2, 0) is 32.2 Å². The molecule has 0 aliphatic carbocycles. The van der Waals surface area contributed by atoms with Gasteiger partial charge in [-0.15, -0.1) is 0 Å². The number of hydrogen-bond donors (Lipinski definition) is 5. The maximum atomic E-state index is 12.5. The molecule has 52 heavy (non-hydrogen) atoms. The molecule has 0 spiro atoms. The Labute approximate surface area is 306 Å². The summed E-state index contributed by atoms with van der Waals surface area (Å²) >= 11 is 0. The largest absolute Gasteiger partial charge is 0.392 e. The first-order chi connectivity index (χ1) is 25.2. The predicted octanol–water partition coefficient (Wildman–Crippen LogP) is 6.52. The van der Waals surface area contributed by atoms with Gasteiger partial charge in [0.25, 0.3) is 0 Å². The van der Waals surface area contributed by atoms with Crippen LogP contribution in [0.5, 0.6) is 0 Å². The van der Waals surface area contributed by atoms with Gasteiger partial charge in [-0.1, -0.05) is 110 Å². The second-order valence-corrected chi connectivity index (χ2v) is 13.5. The summed E-state index contributed by atoms with van der Waals surface area (Å²) in [4.78, 5) is 25.8. The number of ether oxygens (including phenoxy) is 2. The van der Waals surface area contributed by atoms with E-state index in [1.54, 1.807) is 5.48 Å². The van der Waals surface area contributed by atoms with E-state index in [0.29, 0.717) is 38.8 Å². The molecule has 5 atom stereocenters. The van der Waals surface area contributed by atoms with Crippen LogP contribution in [0.2, 0.25) is 0 Å². The zero-order valence-electron chi connectivity index (χ0n) is 30.0. The van der Waals surface area contributed by atoms with Gasteiger partial charge in [0.2, 0.25) is 11.8 Å². The number of aliphatic hydroxyl groups is 2. The highest BCUT2D eigenvalue weighted by atomic mass is 16.7. The number of rotatable bonds is 17. The molecule has 1 saturated heterocycles. The van der Waals surface area contributed by atoms with E-state index in [2.05, 4.69) is 10.2 Å². The molecule has 0 saturated carbocycles. The fourth-order valence-electron chi connectivity index (χ4n) is 6.55. The van der Waals surface area contributed by atoms with Crippen LogP contribution in [0.15, 0.2) is 103 Å². The van der Waals surface area contributed by atoms with Crippen LogP contribution in [0.4, 0.5) is 0 Å². The number of unbranched alkanes of at least 4 members (excludes halogenated alkanes) is 2. The first kappa shape index (κ1) is 38.8. The first-order valence-electron chi connectivity index (χ1n) is 18.1. The van der Waals surface area contributed by atoms with Crippen LogP contribution >= 0.6 is 0 Å². The summed E-state index contributed by atoms with van der Waals surface area (Å²) in [6.07, 6.45) is 1.56. The van der Waals surface area contributed by atoms with Crippen LogP contribution in [0, 0.1) is 0 Å². The standard InChI is InChI=1S/C42H51N3O7/c1-29(41(49)33-11-5-3-6-12-33)45(2)27-36-25-38(32-19-17-30(28-46)18-20-32)52-42(51-36)34-23-21-31(22-24-34)37-14-10-9-13-35(37)26-43-39(47)15-7-4-8-16-40(48)44-50/h3,5-6,9-14,17-24,29,36,38,41-42,46,49-50H,4,7-8,15-16,25-28H2,1-2H3,(H,43,47)(H,44,48)/t29-,36-,38+,41-,42+/m1/s1. The zero-order valence-corrected chi connectivity index (χ0v) is 30.0. The number of nitrogens with one attached hydrogen (secondary N) is 2. The number of carbonyl (C=O) groups excluding carboxylic acids is 2. The van der Waals surface area contributed by atoms with Gasteiger partial charge in [0.15, 0.2) is 6.29 Å². The third-order valence-corrected chi connectivity index (χ3v) is 9.82. The topological polar surface area (TPSA) is 141 Å². The second-order valence-electron chi connectivity index (χ2n) is 13.5. The van der Waals surface area contributed by atoms with Crippen molar-refractivity contribution in [2.75, 3.05) is 13.6 Å². The Bertz CT molecular complexity index is 1700. The lowest BCUT2D eigenvalue weighted by molar-refractivity contribution is -0.253. The van der Waals surface area contributed by atoms with Gasteiger partial charge in [-0.2, -0.15) is 0 Å². The van der Waals surface area contributed by atoms with Gasteiger partial charge in [0.05, 0.1) is 24.9 Å². The summed E-state index contributed by atoms with van der Waals surface area (Å²) in [5.74, 6) is -0.464. The Balaban J connectivity index is 1.25. The quantitative estimate of drug-likeness (QED) is 0.0475. The molecule has 1 fully saturated rings. The molecule has 4 aromatic rings. The Kier molecular flexibility index (Phi) is 14.5. The molecule has 5 N–H and O–H groups in total. The van der Waals surface area contributed by atoms with E-state index < -0.39 is 18.3 Å². The molecular weight excluding hydrogens is 658 g/mol. The van der Waals surface area contributed by atoms with Crippen molar-refractivity contribution in [3.8, 4) is 11.1 Å². The highest BCUT2D eigenvalue weighted by Crippen LogP contribution is 2.39. The maximum Gasteiger partial charge on any atom is 0.243 e. The van der Waals surface area contributed by atoms with Crippen molar-refractivity contribution in [3.05, 3.63) is 131 Å². The van der Waals surface area contributed by atoms with Gasteiger partial charge in [-0.25, -0.2) is 5.48 Å². The molecular formula is C42H51N3O7. The molecule has 2 amide bonds. The number of hydroxylamine groups is 1. The van der Waals surface area contributed by atoms with E-state index in [9.17, 15) is 19.8 Å². The molecule has 1 aliphatic rings. The molecule has 0 radical (unpaired) electrons. The summed E-state index contributed by atoms with van der Waals surface area (Å²) < 4.78 is 13.2. The fraction of sp³-hybridized carbons (Fsp3) is 0.381. The van der Waals surface area contributed by atoms with Crippen LogP contribution in [0.3, 0.4) is 0 Å². The van der Waals surface area contributed by atoms with Crippen molar-refractivity contribution >= 4 is 11.8 Å². The SMILES string of the molecule is C[C@H]([C@@H](O)c1ccccc1)N(C)C[C@H]1C[C@@H](c2ccc(CO)cc2)O[C@@H](c2ccc(-c3ccccc3CNC(=O)CCCCCC(=O)NO)cc2)O1. The van der Waals surface area contributed by atoms with E-state index in [1.807, 2.05) is 117 Å². The Morgan fingerprint density at radius 1 is 0.827 bits per heavy atom. The van der Waals surface area contributed by atoms with Crippen LogP contribution in [-0.4, -0.2) is 57.9 Å². The number of aliphatic hydroxyl groups excluding tert-OH is 2. The lowest BCUT2D eigenvalue weighted by Gasteiger charge is -2.39. The van der Waals surface area contributed by atoms with Gasteiger partial charge in [0.1, 0.15) is 0 Å². The lowest BCUT2D eigenvalue weighted by Crippen LogP contribution is -2.43. The Morgan fingerprint density at radius 3 is 2.17 bits per heavy atom. The Hall–Kier alpha value is -4.42. The molecule has 0 bridgehead atoms. The molecule has 4 aromatic carbocycles. The van der Waals surface area contributed by atoms with Crippen LogP contribution in [0.25, 0.3) is 11.1 Å². The molecule has 5 rings (SSSR count). The van der Waals surface area contributed by atoms with Gasteiger partial charge >= 0.3 is 0 Å². The summed E-state index contributed by atoms with van der Waals surface area (Å²) in [6.45, 7) is 2.98. The van der Waals surface area contributed by atoms with Crippen LogP contribution in [0.1, 0.15) is 91.8 Å². The van der Waals surface area contributed by atoms with Gasteiger partial charge in [-0.3, -0.25) is 19.7 Å². The number of benzene rings is 4. The third kappa shape index (κ3) is 10.8. The van der Waals surface area contributed by atoms with Crippen molar-refractivity contribution in [2.45, 2.75) is 89.2 Å². The number of likely N-dealkylation sites (N-methyl/N-ethyl adjacent to an activating group) is 1. The molecule has 10 heteroatoms. The van der Waals surface area contributed by atoms with E-state index >= 15 is 0 Å². The number of amides is 2. The average Bonchev–Trinajstić information content (AvgIpc) is 3.19. The summed E-state index contributed by atoms with van der Waals surface area (Å²) in [5, 5.41) is 32.3. The minimum atomic E-state index is -0.647. The van der Waals surface area contributed by atoms with Crippen molar-refractivity contribution in [1.82, 2.24) is 15.7 Å². The smallest absolute Gasteiger partial charge is 0.243 e. The lowest BCUT2D eigenvalue weighted by atomic mass is 9.97. The van der Waals surface area contributed by atoms with Crippen molar-refractivity contribution in [2.24, 2.45) is 0 Å². The molecule has 0 unspecified atom stereocenters. The van der Waals surface area contributed by atoms with Gasteiger partial charge in [-0.05, 0) is 60.2 Å². The molecule has 1 aliphatic heterocycles. The normalized spacial score (nSPS) is 18.5. The molecule has 10 nitrogen and oxygen atoms in total. The number of nitrogens with zero attached hydrogens (tertiary/aromatic N) is 1. The minimum Gasteiger partial charge on any atom is -0.392 e. The minimum absolute atomic E-state index is 0.0243. The Morgan fingerprint density at radius 2 is 1.48 bits per heavy atom. The summed E-state index contributed by atoms with van der Waals surface area (Å²) in [7, 11) is 2.01. The van der Waals surface area contributed by atoms with E-state index in [4.69, 9.17) is 14.7 Å². The molecule has 0 aromatic heterocycles. The van der Waals surface area contributed by atoms with Crippen molar-refractivity contribution < 1.29 is 34.5 Å². The van der Waals surface area contributed by atoms with E-state index in [-0.39, 0.29) is 37.2 Å². The molecule has 1 heterocycles. The van der Waals surface area contributed by atoms with Crippen LogP contribution < -0.4 is 10.8 Å². The number of carbonyl (C=O) groups is 2. The van der Waals surface area contributed by atoms with Gasteiger partial charge in [0, 0.05) is 44.0 Å². The highest BCUT2D eigenvalue weighted by Gasteiger charge is 2.34. The number of hydrogen-bond acceptors (Lipinski definition) is 8. The zero-order chi connectivity index (χ0) is 36.9. The van der Waals surface area contributed by atoms with Gasteiger partial charge < -0.3 is 25.0 Å². The van der Waals surface area contributed by atoms with Crippen molar-refractivity contribution in [3.63, 3.8) is 0 Å². The fourth-order valence-corrected chi connectivity index (χ4v) is 6.55. The predicted molar refractivity (Wildman–Crippen MR) is 199 cm³/mol. The van der Waals surface area contributed by atoms with E-state index in [1.165, 1.54) is 0 Å². The monoisotopic (exact) mass is 709 g/mol. The summed E-state index contributed by atoms with van der Waals surface area (Å²) in [6, 6.07) is 33.5. The third-order valence-electron chi connectivity index (χ3n) is 9.82. The first-order valence-corrected chi connectivity index (χ1v) is 18.1. The summed E-state index contributed by atoms with van der Waals surface area (Å²) in [5.41, 5.74) is 8.24. The molecule has 276 valence electrons. The average molecular weight is 710 g/mol. The maximum absolute atomic E-state index is 12.5.